The Morgan fingerprint density at radius 1 is 1.08 bits per heavy atom. The van der Waals surface area contributed by atoms with Crippen molar-refractivity contribution < 1.29 is 14.3 Å². The van der Waals surface area contributed by atoms with Crippen molar-refractivity contribution in [3.8, 4) is 5.75 Å². The SMILES string of the molecule is Cc1ccccc1OCCNC(=O)C1(c2ccccc2)CCOCC1. The number of amides is 1. The normalized spacial score (nSPS) is 16.2. The van der Waals surface area contributed by atoms with Gasteiger partial charge in [0.15, 0.2) is 0 Å². The molecule has 25 heavy (non-hydrogen) atoms. The van der Waals surface area contributed by atoms with Gasteiger partial charge < -0.3 is 14.8 Å². The first kappa shape index (κ1) is 17.5. The van der Waals surface area contributed by atoms with E-state index in [4.69, 9.17) is 9.47 Å². The third-order valence-electron chi connectivity index (χ3n) is 4.85. The van der Waals surface area contributed by atoms with E-state index in [1.54, 1.807) is 0 Å². The minimum Gasteiger partial charge on any atom is -0.491 e. The van der Waals surface area contributed by atoms with Crippen LogP contribution in [0.1, 0.15) is 24.0 Å². The molecule has 132 valence electrons. The van der Waals surface area contributed by atoms with E-state index < -0.39 is 5.41 Å². The molecule has 1 amide bonds. The van der Waals surface area contributed by atoms with Crippen molar-refractivity contribution in [3.05, 3.63) is 65.7 Å². The number of ether oxygens (including phenoxy) is 2. The zero-order valence-corrected chi connectivity index (χ0v) is 14.7. The molecular weight excluding hydrogens is 314 g/mol. The molecule has 4 nitrogen and oxygen atoms in total. The molecule has 0 spiro atoms. The highest BCUT2D eigenvalue weighted by Gasteiger charge is 2.41. The van der Waals surface area contributed by atoms with Crippen molar-refractivity contribution in [2.75, 3.05) is 26.4 Å². The predicted molar refractivity (Wildman–Crippen MR) is 97.9 cm³/mol. The van der Waals surface area contributed by atoms with Gasteiger partial charge in [0.25, 0.3) is 0 Å². The summed E-state index contributed by atoms with van der Waals surface area (Å²) >= 11 is 0. The summed E-state index contributed by atoms with van der Waals surface area (Å²) in [5.74, 6) is 0.927. The molecular formula is C21H25NO3. The Bertz CT molecular complexity index is 693. The maximum atomic E-state index is 13.0. The summed E-state index contributed by atoms with van der Waals surface area (Å²) < 4.78 is 11.3. The highest BCUT2D eigenvalue weighted by molar-refractivity contribution is 5.88. The van der Waals surface area contributed by atoms with Gasteiger partial charge in [-0.05, 0) is 37.0 Å². The molecule has 0 atom stereocenters. The molecule has 0 saturated carbocycles. The van der Waals surface area contributed by atoms with E-state index >= 15 is 0 Å². The Morgan fingerprint density at radius 3 is 2.48 bits per heavy atom. The smallest absolute Gasteiger partial charge is 0.230 e. The molecule has 0 bridgehead atoms. The summed E-state index contributed by atoms with van der Waals surface area (Å²) in [6.07, 6.45) is 1.42. The average Bonchev–Trinajstić information content (AvgIpc) is 2.67. The molecule has 0 radical (unpaired) electrons. The molecule has 0 unspecified atom stereocenters. The second-order valence-electron chi connectivity index (χ2n) is 6.43. The van der Waals surface area contributed by atoms with Crippen LogP contribution >= 0.6 is 0 Å². The van der Waals surface area contributed by atoms with Crippen molar-refractivity contribution in [3.63, 3.8) is 0 Å². The number of nitrogens with one attached hydrogen (secondary N) is 1. The molecule has 1 saturated heterocycles. The summed E-state index contributed by atoms with van der Waals surface area (Å²) in [6, 6.07) is 17.9. The van der Waals surface area contributed by atoms with Gasteiger partial charge in [-0.2, -0.15) is 0 Å². The van der Waals surface area contributed by atoms with Crippen molar-refractivity contribution in [1.82, 2.24) is 5.32 Å². The fraction of sp³-hybridized carbons (Fsp3) is 0.381. The molecule has 1 heterocycles. The van der Waals surface area contributed by atoms with Gasteiger partial charge in [0.2, 0.25) is 5.91 Å². The van der Waals surface area contributed by atoms with Crippen LogP contribution in [-0.4, -0.2) is 32.3 Å². The number of hydrogen-bond donors (Lipinski definition) is 1. The lowest BCUT2D eigenvalue weighted by Gasteiger charge is -2.36. The van der Waals surface area contributed by atoms with Crippen LogP contribution in [0.2, 0.25) is 0 Å². The quantitative estimate of drug-likeness (QED) is 0.822. The van der Waals surface area contributed by atoms with Crippen molar-refractivity contribution in [2.45, 2.75) is 25.2 Å². The molecule has 1 aliphatic rings. The van der Waals surface area contributed by atoms with Crippen LogP contribution in [0.5, 0.6) is 5.75 Å². The summed E-state index contributed by atoms with van der Waals surface area (Å²) in [5.41, 5.74) is 1.66. The van der Waals surface area contributed by atoms with Gasteiger partial charge in [0.05, 0.1) is 12.0 Å². The first-order valence-electron chi connectivity index (χ1n) is 8.82. The second-order valence-corrected chi connectivity index (χ2v) is 6.43. The van der Waals surface area contributed by atoms with Crippen LogP contribution in [0.15, 0.2) is 54.6 Å². The van der Waals surface area contributed by atoms with Gasteiger partial charge in [0, 0.05) is 13.2 Å². The number of rotatable bonds is 6. The number of aryl methyl sites for hydroxylation is 1. The van der Waals surface area contributed by atoms with Gasteiger partial charge in [-0.3, -0.25) is 4.79 Å². The fourth-order valence-corrected chi connectivity index (χ4v) is 3.34. The van der Waals surface area contributed by atoms with E-state index in [-0.39, 0.29) is 5.91 Å². The van der Waals surface area contributed by atoms with Gasteiger partial charge in [-0.1, -0.05) is 48.5 Å². The molecule has 2 aromatic carbocycles. The summed E-state index contributed by atoms with van der Waals surface area (Å²) in [7, 11) is 0. The first-order valence-corrected chi connectivity index (χ1v) is 8.82. The largest absolute Gasteiger partial charge is 0.491 e. The van der Waals surface area contributed by atoms with E-state index in [0.717, 1.165) is 16.9 Å². The maximum Gasteiger partial charge on any atom is 0.230 e. The topological polar surface area (TPSA) is 47.6 Å². The Labute approximate surface area is 149 Å². The number of benzene rings is 2. The lowest BCUT2D eigenvalue weighted by Crippen LogP contribution is -2.48. The number of carbonyl (C=O) groups is 1. The van der Waals surface area contributed by atoms with Crippen LogP contribution in [-0.2, 0) is 14.9 Å². The van der Waals surface area contributed by atoms with Crippen LogP contribution < -0.4 is 10.1 Å². The third kappa shape index (κ3) is 4.02. The van der Waals surface area contributed by atoms with Crippen molar-refractivity contribution in [2.24, 2.45) is 0 Å². The van der Waals surface area contributed by atoms with Crippen molar-refractivity contribution >= 4 is 5.91 Å². The summed E-state index contributed by atoms with van der Waals surface area (Å²) in [4.78, 5) is 13.0. The Balaban J connectivity index is 1.61. The Hall–Kier alpha value is -2.33. The zero-order chi connectivity index (χ0) is 17.5. The maximum absolute atomic E-state index is 13.0. The second kappa shape index (κ2) is 8.17. The van der Waals surface area contributed by atoms with Crippen molar-refractivity contribution in [1.29, 1.82) is 0 Å². The summed E-state index contributed by atoms with van der Waals surface area (Å²) in [5, 5.41) is 3.06. The number of para-hydroxylation sites is 1. The van der Waals surface area contributed by atoms with Gasteiger partial charge in [-0.15, -0.1) is 0 Å². The molecule has 4 heteroatoms. The predicted octanol–water partition coefficient (Wildman–Crippen LogP) is 3.24. The standard InChI is InChI=1S/C21H25NO3/c1-17-7-5-6-10-19(17)25-16-13-22-20(23)21(11-14-24-15-12-21)18-8-3-2-4-9-18/h2-10H,11-16H2,1H3,(H,22,23). The first-order chi connectivity index (χ1) is 12.2. The molecule has 1 fully saturated rings. The monoisotopic (exact) mass is 339 g/mol. The van der Waals surface area contributed by atoms with E-state index in [1.807, 2.05) is 61.5 Å². The van der Waals surface area contributed by atoms with E-state index in [0.29, 0.717) is 39.2 Å². The number of carbonyl (C=O) groups excluding carboxylic acids is 1. The highest BCUT2D eigenvalue weighted by atomic mass is 16.5. The summed E-state index contributed by atoms with van der Waals surface area (Å²) in [6.45, 7) is 4.19. The molecule has 3 rings (SSSR count). The molecule has 1 N–H and O–H groups in total. The molecule has 0 aliphatic carbocycles. The highest BCUT2D eigenvalue weighted by Crippen LogP contribution is 2.35. The lowest BCUT2D eigenvalue weighted by molar-refractivity contribution is -0.130. The van der Waals surface area contributed by atoms with E-state index in [2.05, 4.69) is 5.32 Å². The Morgan fingerprint density at radius 2 is 1.76 bits per heavy atom. The molecule has 1 aliphatic heterocycles. The lowest BCUT2D eigenvalue weighted by atomic mass is 9.73. The minimum absolute atomic E-state index is 0.0652. The minimum atomic E-state index is -0.498. The van der Waals surface area contributed by atoms with E-state index in [1.165, 1.54) is 0 Å². The Kier molecular flexibility index (Phi) is 5.71. The van der Waals surface area contributed by atoms with Crippen LogP contribution in [0.4, 0.5) is 0 Å². The molecule has 2 aromatic rings. The van der Waals surface area contributed by atoms with Crippen LogP contribution in [0.25, 0.3) is 0 Å². The third-order valence-corrected chi connectivity index (χ3v) is 4.85. The number of hydrogen-bond acceptors (Lipinski definition) is 3. The van der Waals surface area contributed by atoms with Gasteiger partial charge in [0.1, 0.15) is 12.4 Å². The van der Waals surface area contributed by atoms with Gasteiger partial charge >= 0.3 is 0 Å². The van der Waals surface area contributed by atoms with Crippen LogP contribution in [0, 0.1) is 6.92 Å². The van der Waals surface area contributed by atoms with Gasteiger partial charge in [-0.25, -0.2) is 0 Å². The zero-order valence-electron chi connectivity index (χ0n) is 14.7. The average molecular weight is 339 g/mol. The van der Waals surface area contributed by atoms with Crippen LogP contribution in [0.3, 0.4) is 0 Å². The molecule has 0 aromatic heterocycles. The fourth-order valence-electron chi connectivity index (χ4n) is 3.34. The van der Waals surface area contributed by atoms with E-state index in [9.17, 15) is 4.79 Å².